The van der Waals surface area contributed by atoms with Crippen LogP contribution < -0.4 is 0 Å². The van der Waals surface area contributed by atoms with E-state index in [9.17, 15) is 4.39 Å². The van der Waals surface area contributed by atoms with Crippen LogP contribution in [0, 0.1) is 5.82 Å². The molecule has 0 N–H and O–H groups in total. The van der Waals surface area contributed by atoms with Gasteiger partial charge in [0.2, 0.25) is 0 Å². The van der Waals surface area contributed by atoms with Gasteiger partial charge in [0.1, 0.15) is 16.5 Å². The van der Waals surface area contributed by atoms with E-state index in [0.29, 0.717) is 16.5 Å². The van der Waals surface area contributed by atoms with E-state index in [0.717, 1.165) is 24.8 Å². The zero-order chi connectivity index (χ0) is 12.3. The fourth-order valence-corrected chi connectivity index (χ4v) is 1.87. The average Bonchev–Trinajstić information content (AvgIpc) is 2.69. The minimum atomic E-state index is -0.278. The predicted octanol–water partition coefficient (Wildman–Crippen LogP) is 4.48. The zero-order valence-electron chi connectivity index (χ0n) is 9.54. The number of benzene rings is 1. The van der Waals surface area contributed by atoms with Gasteiger partial charge in [-0.05, 0) is 30.7 Å². The molecular formula is C13H13ClFNO. The second kappa shape index (κ2) is 5.32. The van der Waals surface area contributed by atoms with Crippen molar-refractivity contribution in [2.45, 2.75) is 26.2 Å². The summed E-state index contributed by atoms with van der Waals surface area (Å²) in [6, 6.07) is 6.05. The molecule has 0 atom stereocenters. The normalized spacial score (nSPS) is 10.8. The molecular weight excluding hydrogens is 241 g/mol. The molecule has 2 rings (SSSR count). The molecule has 0 fully saturated rings. The van der Waals surface area contributed by atoms with Crippen molar-refractivity contribution >= 4 is 11.6 Å². The molecule has 0 aliphatic rings. The first-order valence-corrected chi connectivity index (χ1v) is 6.00. The molecule has 17 heavy (non-hydrogen) atoms. The summed E-state index contributed by atoms with van der Waals surface area (Å²) in [5.41, 5.74) is 1.35. The van der Waals surface area contributed by atoms with E-state index in [1.54, 1.807) is 12.1 Å². The third-order valence-electron chi connectivity index (χ3n) is 2.57. The van der Waals surface area contributed by atoms with Crippen LogP contribution in [0.1, 0.15) is 25.5 Å². The molecule has 2 aromatic rings. The van der Waals surface area contributed by atoms with E-state index >= 15 is 0 Å². The summed E-state index contributed by atoms with van der Waals surface area (Å²) in [4.78, 5) is 0. The number of halogens is 2. The van der Waals surface area contributed by atoms with Crippen LogP contribution in [0.25, 0.3) is 11.3 Å². The predicted molar refractivity (Wildman–Crippen MR) is 65.5 cm³/mol. The van der Waals surface area contributed by atoms with Crippen LogP contribution in [0.3, 0.4) is 0 Å². The molecule has 4 heteroatoms. The van der Waals surface area contributed by atoms with E-state index in [2.05, 4.69) is 12.1 Å². The molecule has 1 aromatic heterocycles. The Morgan fingerprint density at radius 1 is 1.29 bits per heavy atom. The van der Waals surface area contributed by atoms with Crippen LogP contribution in [0.2, 0.25) is 5.02 Å². The van der Waals surface area contributed by atoms with Gasteiger partial charge in [-0.2, -0.15) is 0 Å². The fraction of sp³-hybridized carbons (Fsp3) is 0.308. The van der Waals surface area contributed by atoms with Gasteiger partial charge in [0.15, 0.2) is 5.76 Å². The van der Waals surface area contributed by atoms with E-state index in [-0.39, 0.29) is 5.82 Å². The van der Waals surface area contributed by atoms with Crippen molar-refractivity contribution in [3.63, 3.8) is 0 Å². The average molecular weight is 254 g/mol. The van der Waals surface area contributed by atoms with Crippen LogP contribution in [0.5, 0.6) is 0 Å². The minimum absolute atomic E-state index is 0.278. The second-order valence-corrected chi connectivity index (χ2v) is 4.26. The molecule has 0 saturated carbocycles. The molecule has 1 aromatic carbocycles. The minimum Gasteiger partial charge on any atom is -0.359 e. The molecule has 0 radical (unpaired) electrons. The van der Waals surface area contributed by atoms with Gasteiger partial charge < -0.3 is 4.52 Å². The number of rotatable bonds is 4. The first kappa shape index (κ1) is 12.1. The maximum absolute atomic E-state index is 12.8. The first-order valence-electron chi connectivity index (χ1n) is 5.62. The SMILES string of the molecule is CCCCc1onc(-c2ccc(F)cc2)c1Cl. The van der Waals surface area contributed by atoms with Gasteiger partial charge in [0.05, 0.1) is 0 Å². The number of hydrogen-bond acceptors (Lipinski definition) is 2. The van der Waals surface area contributed by atoms with Crippen molar-refractivity contribution in [1.82, 2.24) is 5.16 Å². The Morgan fingerprint density at radius 2 is 2.00 bits per heavy atom. The highest BCUT2D eigenvalue weighted by Gasteiger charge is 2.14. The van der Waals surface area contributed by atoms with Crippen LogP contribution in [0.4, 0.5) is 4.39 Å². The molecule has 0 amide bonds. The van der Waals surface area contributed by atoms with Crippen LogP contribution in [0.15, 0.2) is 28.8 Å². The maximum atomic E-state index is 12.8. The number of aromatic nitrogens is 1. The fourth-order valence-electron chi connectivity index (χ4n) is 1.59. The van der Waals surface area contributed by atoms with Crippen molar-refractivity contribution in [3.05, 3.63) is 40.9 Å². The molecule has 0 bridgehead atoms. The molecule has 0 saturated heterocycles. The molecule has 0 aliphatic carbocycles. The molecule has 0 aliphatic heterocycles. The lowest BCUT2D eigenvalue weighted by Gasteiger charge is -1.96. The number of hydrogen-bond donors (Lipinski definition) is 0. The highest BCUT2D eigenvalue weighted by Crippen LogP contribution is 2.30. The summed E-state index contributed by atoms with van der Waals surface area (Å²) < 4.78 is 18.0. The lowest BCUT2D eigenvalue weighted by atomic mass is 10.1. The van der Waals surface area contributed by atoms with Crippen molar-refractivity contribution < 1.29 is 8.91 Å². The van der Waals surface area contributed by atoms with Crippen LogP contribution >= 0.6 is 11.6 Å². The van der Waals surface area contributed by atoms with E-state index in [4.69, 9.17) is 16.1 Å². The summed E-state index contributed by atoms with van der Waals surface area (Å²) in [7, 11) is 0. The first-order chi connectivity index (χ1) is 8.22. The zero-order valence-corrected chi connectivity index (χ0v) is 10.3. The maximum Gasteiger partial charge on any atom is 0.155 e. The third-order valence-corrected chi connectivity index (χ3v) is 2.96. The monoisotopic (exact) mass is 253 g/mol. The summed E-state index contributed by atoms with van der Waals surface area (Å²) in [5.74, 6) is 0.424. The van der Waals surface area contributed by atoms with Gasteiger partial charge in [-0.1, -0.05) is 30.1 Å². The van der Waals surface area contributed by atoms with Gasteiger partial charge in [-0.15, -0.1) is 0 Å². The Morgan fingerprint density at radius 3 is 2.65 bits per heavy atom. The van der Waals surface area contributed by atoms with Crippen LogP contribution in [-0.2, 0) is 6.42 Å². The topological polar surface area (TPSA) is 26.0 Å². The standard InChI is InChI=1S/C13H13ClFNO/c1-2-3-4-11-12(14)13(16-17-11)9-5-7-10(15)8-6-9/h5-8H,2-4H2,1H3. The second-order valence-electron chi connectivity index (χ2n) is 3.88. The largest absolute Gasteiger partial charge is 0.359 e. The lowest BCUT2D eigenvalue weighted by Crippen LogP contribution is -1.82. The smallest absolute Gasteiger partial charge is 0.155 e. The Labute approximate surface area is 104 Å². The van der Waals surface area contributed by atoms with Gasteiger partial charge in [0, 0.05) is 12.0 Å². The molecule has 0 spiro atoms. The van der Waals surface area contributed by atoms with Gasteiger partial charge in [-0.3, -0.25) is 0 Å². The van der Waals surface area contributed by atoms with Crippen molar-refractivity contribution in [3.8, 4) is 11.3 Å². The number of unbranched alkanes of at least 4 members (excludes halogenated alkanes) is 1. The summed E-state index contributed by atoms with van der Waals surface area (Å²) in [6.45, 7) is 2.10. The van der Waals surface area contributed by atoms with Crippen LogP contribution in [-0.4, -0.2) is 5.16 Å². The Hall–Kier alpha value is -1.35. The van der Waals surface area contributed by atoms with Crippen molar-refractivity contribution in [1.29, 1.82) is 0 Å². The Balaban J connectivity index is 2.27. The van der Waals surface area contributed by atoms with Gasteiger partial charge >= 0.3 is 0 Å². The van der Waals surface area contributed by atoms with Gasteiger partial charge in [0.25, 0.3) is 0 Å². The highest BCUT2D eigenvalue weighted by molar-refractivity contribution is 6.33. The number of aryl methyl sites for hydroxylation is 1. The Bertz CT molecular complexity index is 493. The van der Waals surface area contributed by atoms with Crippen molar-refractivity contribution in [2.75, 3.05) is 0 Å². The molecule has 1 heterocycles. The van der Waals surface area contributed by atoms with E-state index in [1.165, 1.54) is 12.1 Å². The molecule has 2 nitrogen and oxygen atoms in total. The molecule has 90 valence electrons. The highest BCUT2D eigenvalue weighted by atomic mass is 35.5. The number of nitrogens with zero attached hydrogens (tertiary/aromatic N) is 1. The van der Waals surface area contributed by atoms with Gasteiger partial charge in [-0.25, -0.2) is 4.39 Å². The summed E-state index contributed by atoms with van der Waals surface area (Å²) >= 11 is 6.18. The molecule has 0 unspecified atom stereocenters. The third kappa shape index (κ3) is 2.67. The van der Waals surface area contributed by atoms with E-state index in [1.807, 2.05) is 0 Å². The summed E-state index contributed by atoms with van der Waals surface area (Å²) in [6.07, 6.45) is 2.87. The lowest BCUT2D eigenvalue weighted by molar-refractivity contribution is 0.382. The van der Waals surface area contributed by atoms with E-state index < -0.39 is 0 Å². The quantitative estimate of drug-likeness (QED) is 0.803. The summed E-state index contributed by atoms with van der Waals surface area (Å²) in [5, 5.41) is 4.47. The van der Waals surface area contributed by atoms with Crippen molar-refractivity contribution in [2.24, 2.45) is 0 Å². The Kier molecular flexibility index (Phi) is 3.79.